The van der Waals surface area contributed by atoms with Crippen LogP contribution in [0.15, 0.2) is 57.6 Å². The summed E-state index contributed by atoms with van der Waals surface area (Å²) in [5.41, 5.74) is 1.62. The fourth-order valence-corrected chi connectivity index (χ4v) is 7.37. The number of sulfonamides is 1. The molecule has 34 heavy (non-hydrogen) atoms. The lowest BCUT2D eigenvalue weighted by atomic mass is 9.97. The van der Waals surface area contributed by atoms with E-state index in [9.17, 15) is 13.2 Å². The second-order valence-corrected chi connectivity index (χ2v) is 11.5. The van der Waals surface area contributed by atoms with E-state index in [2.05, 4.69) is 10.3 Å². The Morgan fingerprint density at radius 3 is 2.71 bits per heavy atom. The smallest absolute Gasteiger partial charge is 0.244 e. The quantitative estimate of drug-likeness (QED) is 0.487. The molecule has 1 aromatic heterocycles. The van der Waals surface area contributed by atoms with Gasteiger partial charge in [0.25, 0.3) is 0 Å². The van der Waals surface area contributed by atoms with Crippen LogP contribution in [0.4, 0.5) is 5.13 Å². The number of rotatable bonds is 6. The first-order valence-electron chi connectivity index (χ1n) is 10.8. The van der Waals surface area contributed by atoms with Gasteiger partial charge in [-0.25, -0.2) is 13.4 Å². The standard InChI is InChI=1S/C23H23N3O5S3/c1-32-20-4-2-3-5-21(20)34(28,29)26-10-8-15(9-11-26)22(27)25-23-24-17(13-33-23)16-6-7-18-19(12-16)31-14-30-18/h2-7,12-13,15H,8-11,14H2,1H3,(H,24,25,27). The highest BCUT2D eigenvalue weighted by Gasteiger charge is 2.33. The van der Waals surface area contributed by atoms with E-state index in [4.69, 9.17) is 9.47 Å². The van der Waals surface area contributed by atoms with Crippen LogP contribution in [0.3, 0.4) is 0 Å². The summed E-state index contributed by atoms with van der Waals surface area (Å²) in [7, 11) is -3.59. The number of anilines is 1. The van der Waals surface area contributed by atoms with Gasteiger partial charge in [0.15, 0.2) is 16.6 Å². The van der Waals surface area contributed by atoms with Gasteiger partial charge in [0.05, 0.1) is 10.6 Å². The molecular formula is C23H23N3O5S3. The van der Waals surface area contributed by atoms with Crippen molar-refractivity contribution in [1.29, 1.82) is 0 Å². The minimum Gasteiger partial charge on any atom is -0.454 e. The number of nitrogens with one attached hydrogen (secondary N) is 1. The van der Waals surface area contributed by atoms with Crippen LogP contribution >= 0.6 is 23.1 Å². The van der Waals surface area contributed by atoms with Crippen molar-refractivity contribution < 1.29 is 22.7 Å². The molecule has 0 unspecified atom stereocenters. The zero-order valence-corrected chi connectivity index (χ0v) is 20.8. The van der Waals surface area contributed by atoms with Gasteiger partial charge in [-0.2, -0.15) is 4.31 Å². The van der Waals surface area contributed by atoms with Crippen molar-refractivity contribution in [3.63, 3.8) is 0 Å². The Hall–Kier alpha value is -2.60. The highest BCUT2D eigenvalue weighted by atomic mass is 32.2. The summed E-state index contributed by atoms with van der Waals surface area (Å²) in [5, 5.41) is 5.29. The third kappa shape index (κ3) is 4.52. The third-order valence-electron chi connectivity index (χ3n) is 5.91. The molecule has 0 bridgehead atoms. The molecule has 0 radical (unpaired) electrons. The van der Waals surface area contributed by atoms with Crippen molar-refractivity contribution in [2.24, 2.45) is 5.92 Å². The van der Waals surface area contributed by atoms with Gasteiger partial charge in [0.2, 0.25) is 22.7 Å². The van der Waals surface area contributed by atoms with Gasteiger partial charge in [-0.1, -0.05) is 12.1 Å². The lowest BCUT2D eigenvalue weighted by Crippen LogP contribution is -2.41. The van der Waals surface area contributed by atoms with E-state index in [-0.39, 0.29) is 18.6 Å². The number of fused-ring (bicyclic) bond motifs is 1. The maximum Gasteiger partial charge on any atom is 0.244 e. The lowest BCUT2D eigenvalue weighted by molar-refractivity contribution is -0.120. The topological polar surface area (TPSA) is 97.8 Å². The molecule has 0 saturated carbocycles. The number of hydrogen-bond donors (Lipinski definition) is 1. The zero-order valence-electron chi connectivity index (χ0n) is 18.4. The number of thiazole rings is 1. The molecule has 178 valence electrons. The van der Waals surface area contributed by atoms with Gasteiger partial charge in [0.1, 0.15) is 0 Å². The largest absolute Gasteiger partial charge is 0.454 e. The Labute approximate surface area is 206 Å². The first-order chi connectivity index (χ1) is 16.5. The lowest BCUT2D eigenvalue weighted by Gasteiger charge is -2.30. The van der Waals surface area contributed by atoms with Crippen molar-refractivity contribution in [3.8, 4) is 22.8 Å². The monoisotopic (exact) mass is 517 g/mol. The minimum atomic E-state index is -3.59. The van der Waals surface area contributed by atoms with Gasteiger partial charge < -0.3 is 14.8 Å². The van der Waals surface area contributed by atoms with Crippen LogP contribution in [0.25, 0.3) is 11.3 Å². The number of carbonyl (C=O) groups is 1. The molecule has 3 heterocycles. The Balaban J connectivity index is 1.21. The van der Waals surface area contributed by atoms with Gasteiger partial charge in [-0.3, -0.25) is 4.79 Å². The summed E-state index contributed by atoms with van der Waals surface area (Å²) in [4.78, 5) is 18.4. The molecule has 1 fully saturated rings. The zero-order chi connectivity index (χ0) is 23.7. The van der Waals surface area contributed by atoms with Crippen LogP contribution < -0.4 is 14.8 Å². The molecule has 11 heteroatoms. The predicted molar refractivity (Wildman–Crippen MR) is 132 cm³/mol. The summed E-state index contributed by atoms with van der Waals surface area (Å²) < 4.78 is 38.5. The van der Waals surface area contributed by atoms with E-state index in [1.165, 1.54) is 27.4 Å². The summed E-state index contributed by atoms with van der Waals surface area (Å²) in [5.74, 6) is 0.990. The van der Waals surface area contributed by atoms with Crippen molar-refractivity contribution in [3.05, 3.63) is 47.8 Å². The molecule has 0 spiro atoms. The highest BCUT2D eigenvalue weighted by Crippen LogP contribution is 2.37. The number of thioether (sulfide) groups is 1. The van der Waals surface area contributed by atoms with Crippen LogP contribution in [0, 0.1) is 5.92 Å². The van der Waals surface area contributed by atoms with E-state index in [0.717, 1.165) is 16.2 Å². The van der Waals surface area contributed by atoms with Gasteiger partial charge >= 0.3 is 0 Å². The average Bonchev–Trinajstić information content (AvgIpc) is 3.53. The van der Waals surface area contributed by atoms with Gasteiger partial charge in [-0.15, -0.1) is 23.1 Å². The number of piperidine rings is 1. The Morgan fingerprint density at radius 2 is 1.91 bits per heavy atom. The average molecular weight is 518 g/mol. The van der Waals surface area contributed by atoms with Crippen LogP contribution in [0.5, 0.6) is 11.5 Å². The first-order valence-corrected chi connectivity index (χ1v) is 14.3. The van der Waals surface area contributed by atoms with E-state index < -0.39 is 10.0 Å². The summed E-state index contributed by atoms with van der Waals surface area (Å²) in [6.07, 6.45) is 2.79. The predicted octanol–water partition coefficient (Wildman–Crippen LogP) is 4.30. The summed E-state index contributed by atoms with van der Waals surface area (Å²) in [6, 6.07) is 12.6. The molecule has 1 N–H and O–H groups in total. The fourth-order valence-electron chi connectivity index (χ4n) is 4.06. The molecule has 2 aromatic carbocycles. The minimum absolute atomic E-state index is 0.131. The number of amides is 1. The molecule has 5 rings (SSSR count). The molecule has 3 aromatic rings. The molecule has 8 nitrogen and oxygen atoms in total. The van der Waals surface area contributed by atoms with Crippen LogP contribution in [0.2, 0.25) is 0 Å². The molecule has 0 aliphatic carbocycles. The number of hydrogen-bond acceptors (Lipinski definition) is 8. The summed E-state index contributed by atoms with van der Waals surface area (Å²) >= 11 is 2.76. The Bertz CT molecular complexity index is 1320. The maximum absolute atomic E-state index is 13.1. The van der Waals surface area contributed by atoms with E-state index in [0.29, 0.717) is 47.5 Å². The number of ether oxygens (including phenoxy) is 2. The maximum atomic E-state index is 13.1. The third-order valence-corrected chi connectivity index (χ3v) is 9.55. The molecule has 0 atom stereocenters. The molecule has 2 aliphatic heterocycles. The number of benzene rings is 2. The second-order valence-electron chi connectivity index (χ2n) is 7.92. The van der Waals surface area contributed by atoms with Crippen molar-refractivity contribution in [2.75, 3.05) is 31.5 Å². The van der Waals surface area contributed by atoms with E-state index in [1.807, 2.05) is 42.0 Å². The summed E-state index contributed by atoms with van der Waals surface area (Å²) in [6.45, 7) is 0.828. The Kier molecular flexibility index (Phi) is 6.52. The number of nitrogens with zero attached hydrogens (tertiary/aromatic N) is 2. The molecule has 2 aliphatic rings. The van der Waals surface area contributed by atoms with Crippen LogP contribution in [-0.2, 0) is 14.8 Å². The Morgan fingerprint density at radius 1 is 1.15 bits per heavy atom. The second kappa shape index (κ2) is 9.57. The fraction of sp³-hybridized carbons (Fsp3) is 0.304. The highest BCUT2D eigenvalue weighted by molar-refractivity contribution is 7.99. The van der Waals surface area contributed by atoms with Gasteiger partial charge in [0, 0.05) is 34.8 Å². The van der Waals surface area contributed by atoms with Crippen LogP contribution in [-0.4, -0.2) is 49.8 Å². The van der Waals surface area contributed by atoms with Crippen molar-refractivity contribution in [1.82, 2.24) is 9.29 Å². The first kappa shape index (κ1) is 23.2. The molecule has 1 amide bonds. The SMILES string of the molecule is CSc1ccccc1S(=O)(=O)N1CCC(C(=O)Nc2nc(-c3ccc4c(c3)OCO4)cs2)CC1. The van der Waals surface area contributed by atoms with Crippen LogP contribution in [0.1, 0.15) is 12.8 Å². The van der Waals surface area contributed by atoms with Crippen molar-refractivity contribution >= 4 is 44.2 Å². The molecule has 1 saturated heterocycles. The molecular weight excluding hydrogens is 494 g/mol. The van der Waals surface area contributed by atoms with Gasteiger partial charge in [-0.05, 0) is 49.4 Å². The number of aromatic nitrogens is 1. The van der Waals surface area contributed by atoms with E-state index in [1.54, 1.807) is 12.1 Å². The van der Waals surface area contributed by atoms with E-state index >= 15 is 0 Å². The number of carbonyl (C=O) groups excluding carboxylic acids is 1. The normalized spacial score (nSPS) is 16.5. The van der Waals surface area contributed by atoms with Crippen molar-refractivity contribution in [2.45, 2.75) is 22.6 Å².